The van der Waals surface area contributed by atoms with E-state index in [9.17, 15) is 4.79 Å². The molecule has 0 spiro atoms. The Morgan fingerprint density at radius 3 is 3.05 bits per heavy atom. The summed E-state index contributed by atoms with van der Waals surface area (Å²) < 4.78 is 0. The van der Waals surface area contributed by atoms with Crippen molar-refractivity contribution in [1.82, 2.24) is 15.5 Å². The van der Waals surface area contributed by atoms with Crippen molar-refractivity contribution in [3.05, 3.63) is 17.1 Å². The molecule has 0 aliphatic heterocycles. The Hall–Kier alpha value is -1.73. The van der Waals surface area contributed by atoms with Crippen LogP contribution in [0.15, 0.2) is 12.3 Å². The van der Waals surface area contributed by atoms with E-state index < -0.39 is 0 Å². The molecule has 1 amide bonds. The number of anilines is 1. The molecular weight excluding hydrogens is 264 g/mol. The minimum absolute atomic E-state index is 0.0478. The Balaban J connectivity index is 2.24. The molecule has 2 rings (SSSR count). The number of rotatable bonds is 5. The number of carbonyl (C=O) groups excluding carboxylic acids is 1. The van der Waals surface area contributed by atoms with Crippen molar-refractivity contribution in [3.8, 4) is 0 Å². The molecule has 0 saturated carbocycles. The van der Waals surface area contributed by atoms with Crippen LogP contribution in [0.3, 0.4) is 0 Å². The number of aliphatic hydroxyl groups excluding tert-OH is 1. The lowest BCUT2D eigenvalue weighted by Crippen LogP contribution is -2.34. The number of nitrogens with two attached hydrogens (primary N) is 1. The first-order chi connectivity index (χ1) is 9.17. The third-order valence-corrected chi connectivity index (χ3v) is 4.04. The molecule has 102 valence electrons. The predicted octanol–water partition coefficient (Wildman–Crippen LogP) is 1.16. The van der Waals surface area contributed by atoms with E-state index in [1.165, 1.54) is 11.3 Å². The van der Waals surface area contributed by atoms with Gasteiger partial charge >= 0.3 is 0 Å². The molecule has 0 saturated heterocycles. The Kier molecular flexibility index (Phi) is 4.28. The minimum atomic E-state index is -0.221. The largest absolute Gasteiger partial charge is 0.397 e. The van der Waals surface area contributed by atoms with E-state index in [1.54, 1.807) is 12.3 Å². The standard InChI is InChI=1S/C12H16N4O2S/c1-2-7(4-6-17)15-11(18)10-9(13)8-3-5-14-16-12(8)19-10/h3,5,7,17H,2,4,6,13H2,1H3,(H,15,18). The molecule has 19 heavy (non-hydrogen) atoms. The van der Waals surface area contributed by atoms with Gasteiger partial charge in [-0.25, -0.2) is 0 Å². The van der Waals surface area contributed by atoms with Gasteiger partial charge in [0.15, 0.2) is 0 Å². The van der Waals surface area contributed by atoms with E-state index in [-0.39, 0.29) is 18.6 Å². The molecule has 0 aliphatic rings. The third-order valence-electron chi connectivity index (χ3n) is 2.93. The van der Waals surface area contributed by atoms with Crippen molar-refractivity contribution in [3.63, 3.8) is 0 Å². The molecule has 0 bridgehead atoms. The van der Waals surface area contributed by atoms with Crippen LogP contribution in [0, 0.1) is 0 Å². The van der Waals surface area contributed by atoms with Gasteiger partial charge in [0.05, 0.1) is 11.9 Å². The van der Waals surface area contributed by atoms with Gasteiger partial charge in [0.25, 0.3) is 5.91 Å². The molecule has 2 aromatic rings. The zero-order chi connectivity index (χ0) is 13.8. The highest BCUT2D eigenvalue weighted by Crippen LogP contribution is 2.31. The van der Waals surface area contributed by atoms with E-state index in [4.69, 9.17) is 10.8 Å². The average molecular weight is 280 g/mol. The molecule has 7 heteroatoms. The first-order valence-electron chi connectivity index (χ1n) is 6.08. The van der Waals surface area contributed by atoms with Crippen LogP contribution >= 0.6 is 11.3 Å². The highest BCUT2D eigenvalue weighted by molar-refractivity contribution is 7.21. The van der Waals surface area contributed by atoms with Crippen LogP contribution in [0.25, 0.3) is 10.2 Å². The van der Waals surface area contributed by atoms with Crippen molar-refractivity contribution in [2.24, 2.45) is 0 Å². The number of aromatic nitrogens is 2. The van der Waals surface area contributed by atoms with Crippen LogP contribution in [0.4, 0.5) is 5.69 Å². The molecule has 2 aromatic heterocycles. The van der Waals surface area contributed by atoms with E-state index in [0.29, 0.717) is 21.8 Å². The van der Waals surface area contributed by atoms with Crippen molar-refractivity contribution in [1.29, 1.82) is 0 Å². The quantitative estimate of drug-likeness (QED) is 0.763. The number of nitrogens with zero attached hydrogens (tertiary/aromatic N) is 2. The molecule has 0 fully saturated rings. The first-order valence-corrected chi connectivity index (χ1v) is 6.90. The molecule has 0 aromatic carbocycles. The second-order valence-electron chi connectivity index (χ2n) is 4.19. The summed E-state index contributed by atoms with van der Waals surface area (Å²) >= 11 is 1.23. The van der Waals surface area contributed by atoms with Crippen molar-refractivity contribution < 1.29 is 9.90 Å². The van der Waals surface area contributed by atoms with Gasteiger partial charge in [-0.2, -0.15) is 5.10 Å². The number of nitrogen functional groups attached to an aromatic ring is 1. The summed E-state index contributed by atoms with van der Waals surface area (Å²) in [5.74, 6) is -0.221. The third kappa shape index (κ3) is 2.82. The van der Waals surface area contributed by atoms with Crippen LogP contribution in [0.1, 0.15) is 29.4 Å². The van der Waals surface area contributed by atoms with E-state index >= 15 is 0 Å². The molecule has 1 unspecified atom stereocenters. The van der Waals surface area contributed by atoms with Crippen LogP contribution in [-0.2, 0) is 0 Å². The fourth-order valence-corrected chi connectivity index (χ4v) is 2.77. The maximum Gasteiger partial charge on any atom is 0.263 e. The molecule has 0 aliphatic carbocycles. The number of aliphatic hydroxyl groups is 1. The van der Waals surface area contributed by atoms with Gasteiger partial charge in [-0.1, -0.05) is 6.92 Å². The number of carbonyl (C=O) groups is 1. The van der Waals surface area contributed by atoms with Crippen LogP contribution in [0.5, 0.6) is 0 Å². The lowest BCUT2D eigenvalue weighted by Gasteiger charge is -2.15. The highest BCUT2D eigenvalue weighted by Gasteiger charge is 2.19. The van der Waals surface area contributed by atoms with E-state index in [0.717, 1.165) is 11.8 Å². The predicted molar refractivity (Wildman–Crippen MR) is 75.1 cm³/mol. The summed E-state index contributed by atoms with van der Waals surface area (Å²) in [5.41, 5.74) is 6.40. The fourth-order valence-electron chi connectivity index (χ4n) is 1.83. The maximum absolute atomic E-state index is 12.2. The second kappa shape index (κ2) is 5.94. The zero-order valence-corrected chi connectivity index (χ0v) is 11.4. The van der Waals surface area contributed by atoms with Gasteiger partial charge in [0.1, 0.15) is 9.71 Å². The Bertz CT molecular complexity index is 584. The second-order valence-corrected chi connectivity index (χ2v) is 5.18. The van der Waals surface area contributed by atoms with Gasteiger partial charge in [-0.3, -0.25) is 4.79 Å². The summed E-state index contributed by atoms with van der Waals surface area (Å²) in [6.45, 7) is 2.01. The van der Waals surface area contributed by atoms with Gasteiger partial charge in [0, 0.05) is 18.0 Å². The number of hydrogen-bond donors (Lipinski definition) is 3. The van der Waals surface area contributed by atoms with Crippen LogP contribution in [-0.4, -0.2) is 33.9 Å². The Labute approximate surface area is 114 Å². The Morgan fingerprint density at radius 2 is 2.42 bits per heavy atom. The van der Waals surface area contributed by atoms with Crippen molar-refractivity contribution >= 4 is 33.1 Å². The first kappa shape index (κ1) is 13.7. The summed E-state index contributed by atoms with van der Waals surface area (Å²) in [4.78, 5) is 13.3. The summed E-state index contributed by atoms with van der Waals surface area (Å²) in [7, 11) is 0. The number of amides is 1. The number of fused-ring (bicyclic) bond motifs is 1. The van der Waals surface area contributed by atoms with Gasteiger partial charge in [-0.15, -0.1) is 16.4 Å². The summed E-state index contributed by atoms with van der Waals surface area (Å²) in [5, 5.41) is 20.3. The monoisotopic (exact) mass is 280 g/mol. The van der Waals surface area contributed by atoms with E-state index in [1.807, 2.05) is 6.92 Å². The van der Waals surface area contributed by atoms with Crippen LogP contribution in [0.2, 0.25) is 0 Å². The molecule has 4 N–H and O–H groups in total. The lowest BCUT2D eigenvalue weighted by atomic mass is 10.1. The minimum Gasteiger partial charge on any atom is -0.397 e. The van der Waals surface area contributed by atoms with Gasteiger partial charge < -0.3 is 16.2 Å². The molecule has 1 atom stereocenters. The van der Waals surface area contributed by atoms with Gasteiger partial charge in [0.2, 0.25) is 0 Å². The maximum atomic E-state index is 12.2. The Morgan fingerprint density at radius 1 is 1.63 bits per heavy atom. The SMILES string of the molecule is CCC(CCO)NC(=O)c1sc2nnccc2c1N. The van der Waals surface area contributed by atoms with Crippen molar-refractivity contribution in [2.75, 3.05) is 12.3 Å². The molecular formula is C12H16N4O2S. The smallest absolute Gasteiger partial charge is 0.263 e. The zero-order valence-electron chi connectivity index (χ0n) is 10.6. The number of nitrogens with one attached hydrogen (secondary N) is 1. The molecule has 0 radical (unpaired) electrons. The van der Waals surface area contributed by atoms with Crippen molar-refractivity contribution in [2.45, 2.75) is 25.8 Å². The normalized spacial score (nSPS) is 12.5. The average Bonchev–Trinajstić information content (AvgIpc) is 2.76. The van der Waals surface area contributed by atoms with Gasteiger partial charge in [-0.05, 0) is 18.9 Å². The summed E-state index contributed by atoms with van der Waals surface area (Å²) in [6, 6.07) is 1.70. The number of thiophene rings is 1. The summed E-state index contributed by atoms with van der Waals surface area (Å²) in [6.07, 6.45) is 2.84. The van der Waals surface area contributed by atoms with E-state index in [2.05, 4.69) is 15.5 Å². The molecule has 2 heterocycles. The highest BCUT2D eigenvalue weighted by atomic mass is 32.1. The van der Waals surface area contributed by atoms with Crippen LogP contribution < -0.4 is 11.1 Å². The lowest BCUT2D eigenvalue weighted by molar-refractivity contribution is 0.0934. The fraction of sp³-hybridized carbons (Fsp3) is 0.417. The number of hydrogen-bond acceptors (Lipinski definition) is 6. The topological polar surface area (TPSA) is 101 Å². The molecule has 6 nitrogen and oxygen atoms in total.